The number of carboxylic acids is 1. The topological polar surface area (TPSA) is 362 Å². The van der Waals surface area contributed by atoms with Crippen molar-refractivity contribution in [2.24, 2.45) is 0 Å². The van der Waals surface area contributed by atoms with Gasteiger partial charge in [0.05, 0.1) is 127 Å². The van der Waals surface area contributed by atoms with E-state index in [1.54, 1.807) is 36.6 Å². The van der Waals surface area contributed by atoms with E-state index in [0.717, 1.165) is 27.6 Å². The molecule has 31 heteroatoms. The summed E-state index contributed by atoms with van der Waals surface area (Å²) in [6, 6.07) is 41.5. The second-order valence-corrected chi connectivity index (χ2v) is 20.9. The average Bonchev–Trinajstić information content (AvgIpc) is 0.856. The molecule has 0 unspecified atom stereocenters. The summed E-state index contributed by atoms with van der Waals surface area (Å²) in [7, 11) is 5.58. The fourth-order valence-corrected chi connectivity index (χ4v) is 9.38. The van der Waals surface area contributed by atoms with Gasteiger partial charge in [0, 0.05) is 29.7 Å². The third-order valence-electron chi connectivity index (χ3n) is 11.7. The van der Waals surface area contributed by atoms with E-state index < -0.39 is 11.9 Å². The van der Waals surface area contributed by atoms with Gasteiger partial charge in [-0.05, 0) is 91.0 Å². The molecule has 6 N–H and O–H groups in total. The average molecular weight is 1450 g/mol. The summed E-state index contributed by atoms with van der Waals surface area (Å²) in [5, 5.41) is 21.6. The fourth-order valence-electron chi connectivity index (χ4n) is 7.59. The number of aromatic nitrogens is 8. The number of aromatic carboxylic acids is 1. The first kappa shape index (κ1) is 77.6. The smallest absolute Gasteiger partial charge is 0.350 e. The van der Waals surface area contributed by atoms with Crippen molar-refractivity contribution in [2.45, 2.75) is 0 Å². The number of H-pyrrole nitrogens is 2. The van der Waals surface area contributed by atoms with Crippen LogP contribution in [0.15, 0.2) is 180 Å². The summed E-state index contributed by atoms with van der Waals surface area (Å²) in [5.74, 6) is -1.29. The molecule has 4 heterocycles. The third-order valence-corrected chi connectivity index (χ3v) is 14.2. The molecule has 0 amide bonds. The van der Waals surface area contributed by atoms with Crippen LogP contribution < -0.4 is 39.9 Å². The first-order chi connectivity index (χ1) is 44.7. The minimum absolute atomic E-state index is 0. The van der Waals surface area contributed by atoms with E-state index in [9.17, 15) is 33.9 Å². The van der Waals surface area contributed by atoms with Crippen LogP contribution in [0.3, 0.4) is 0 Å². The van der Waals surface area contributed by atoms with Crippen molar-refractivity contribution < 1.29 is 64.0 Å². The van der Waals surface area contributed by atoms with Gasteiger partial charge in [-0.2, -0.15) is 0 Å². The number of carbonyl (C=O) groups excluding carboxylic acids is 3. The monoisotopic (exact) mass is 1450 g/mol. The van der Waals surface area contributed by atoms with Crippen LogP contribution in [0.1, 0.15) is 36.6 Å². The SMILES string of the molecule is COc1c(Cl)ccc(Cl)c1C(=O)O.COc1c(Cl)ccc(Cl)c1C(=O)Oc1cnc2ccccc2n1.COc1c(Cl)ccc(Cl)c1C=O.COc1c(Cl)ccc(Cl)c1[C+]=O.O.O=c1cnc2ccccc2[nH]1.O=c1cnc2ccccc2[nH]1.[O-]c1cnc2ccccc2n1.[OH-]. The van der Waals surface area contributed by atoms with Crippen LogP contribution in [0.2, 0.25) is 40.2 Å². The summed E-state index contributed by atoms with van der Waals surface area (Å²) in [5.41, 5.74) is 5.94. The lowest BCUT2D eigenvalue weighted by atomic mass is 10.2. The molecule has 0 aliphatic rings. The molecule has 12 aromatic rings. The van der Waals surface area contributed by atoms with Crippen LogP contribution in [0.25, 0.3) is 44.1 Å². The van der Waals surface area contributed by atoms with Crippen LogP contribution in [0, 0.1) is 0 Å². The molecule has 4 aromatic heterocycles. The van der Waals surface area contributed by atoms with Crippen LogP contribution in [0.5, 0.6) is 34.8 Å². The van der Waals surface area contributed by atoms with Gasteiger partial charge in [0.15, 0.2) is 22.8 Å². The number of halogens is 8. The Morgan fingerprint density at radius 3 is 1.27 bits per heavy atom. The number of benzene rings is 8. The van der Waals surface area contributed by atoms with E-state index in [1.165, 1.54) is 83.6 Å². The number of hydrogen-bond acceptors (Lipinski definition) is 19. The van der Waals surface area contributed by atoms with Crippen molar-refractivity contribution in [2.75, 3.05) is 28.4 Å². The lowest BCUT2D eigenvalue weighted by Gasteiger charge is -2.11. The van der Waals surface area contributed by atoms with Crippen molar-refractivity contribution in [3.63, 3.8) is 0 Å². The molecule has 0 fully saturated rings. The number of fused-ring (bicyclic) bond motifs is 4. The number of aromatic amines is 2. The Balaban J connectivity index is 0.000000240. The molecule has 0 saturated heterocycles. The predicted octanol–water partition coefficient (Wildman–Crippen LogP) is 13.7. The van der Waals surface area contributed by atoms with Gasteiger partial charge >= 0.3 is 18.2 Å². The highest BCUT2D eigenvalue weighted by Gasteiger charge is 2.24. The molecule has 95 heavy (non-hydrogen) atoms. The van der Waals surface area contributed by atoms with Gasteiger partial charge in [-0.25, -0.2) is 29.5 Å². The summed E-state index contributed by atoms with van der Waals surface area (Å²) in [6.45, 7) is 0. The lowest BCUT2D eigenvalue weighted by Crippen LogP contribution is -2.12. The molecule has 0 spiro atoms. The van der Waals surface area contributed by atoms with Crippen molar-refractivity contribution in [3.05, 3.63) is 254 Å². The van der Waals surface area contributed by atoms with E-state index >= 15 is 0 Å². The van der Waals surface area contributed by atoms with Crippen molar-refractivity contribution in [1.29, 1.82) is 0 Å². The van der Waals surface area contributed by atoms with Gasteiger partial charge in [-0.3, -0.25) is 24.4 Å². The molecule has 0 atom stereocenters. The Hall–Kier alpha value is -9.85. The standard InChI is InChI=1S/C16H10Cl2N2O3.C8H6Cl2O3.C8H6Cl2O2.C8H5Cl2O2.3C8H6N2O.2H2O/c1-22-15-10(18)7-6-9(17)14(15)16(21)23-13-8-19-11-4-2-3-5-12(11)20-13;1-13-7-5(10)3-2-4(9)6(7)8(11)12;2*1-12-8-5(4-11)6(9)2-3-7(8)10;3*11-8-5-9-6-3-1-2-4-7(6)10-8;;/h2-8H,1H3;2-3H,1H3,(H,11,12);2-4H,1H3;2-3H,1H3;3*1-5H,(H,10,11);2*1H2/q;;;+1;;;;;/p-2. The number of rotatable bonds is 9. The maximum absolute atomic E-state index is 12.4. The second kappa shape index (κ2) is 38.4. The number of para-hydroxylation sites is 8. The normalized spacial score (nSPS) is 9.81. The maximum atomic E-state index is 12.4. The van der Waals surface area contributed by atoms with Gasteiger partial charge in [-0.1, -0.05) is 130 Å². The van der Waals surface area contributed by atoms with Gasteiger partial charge in [0.1, 0.15) is 21.9 Å². The molecule has 0 aliphatic heterocycles. The van der Waals surface area contributed by atoms with E-state index in [0.29, 0.717) is 43.7 Å². The number of methoxy groups -OCH3 is 4. The molecule has 0 aliphatic carbocycles. The molecule has 490 valence electrons. The number of nitrogens with zero attached hydrogens (tertiary/aromatic N) is 6. The Morgan fingerprint density at radius 2 is 0.842 bits per heavy atom. The highest BCUT2D eigenvalue weighted by molar-refractivity contribution is 6.39. The van der Waals surface area contributed by atoms with Gasteiger partial charge < -0.3 is 54.8 Å². The zero-order valence-electron chi connectivity index (χ0n) is 49.2. The van der Waals surface area contributed by atoms with E-state index in [2.05, 4.69) is 39.9 Å². The Bertz CT molecular complexity index is 4620. The fraction of sp³-hybridized carbons (Fsp3) is 0.0625. The zero-order chi connectivity index (χ0) is 67.7. The summed E-state index contributed by atoms with van der Waals surface area (Å²) < 4.78 is 25.0. The largest absolute Gasteiger partial charge is 0.870 e. The highest BCUT2D eigenvalue weighted by Crippen LogP contribution is 2.37. The van der Waals surface area contributed by atoms with Crippen LogP contribution in [0.4, 0.5) is 0 Å². The molecule has 0 radical (unpaired) electrons. The lowest BCUT2D eigenvalue weighted by molar-refractivity contribution is -0.275. The zero-order valence-corrected chi connectivity index (χ0v) is 55.3. The molecule has 0 bridgehead atoms. The summed E-state index contributed by atoms with van der Waals surface area (Å²) in [4.78, 5) is 94.9. The number of nitrogens with one attached hydrogen (secondary N) is 2. The van der Waals surface area contributed by atoms with E-state index in [-0.39, 0.29) is 98.4 Å². The van der Waals surface area contributed by atoms with Crippen molar-refractivity contribution in [1.82, 2.24) is 39.9 Å². The number of hydrogen-bond donors (Lipinski definition) is 3. The molecular weight excluding hydrogens is 1400 g/mol. The second-order valence-electron chi connectivity index (χ2n) is 17.6. The molecule has 23 nitrogen and oxygen atoms in total. The van der Waals surface area contributed by atoms with Crippen LogP contribution >= 0.6 is 92.8 Å². The van der Waals surface area contributed by atoms with Crippen molar-refractivity contribution >= 4 is 161 Å². The van der Waals surface area contributed by atoms with Gasteiger partial charge in [-0.15, -0.1) is 4.79 Å². The number of ether oxygens (including phenoxy) is 5. The molecule has 12 rings (SSSR count). The maximum Gasteiger partial charge on any atom is 0.350 e. The number of aldehydes is 1. The van der Waals surface area contributed by atoms with Gasteiger partial charge in [0.25, 0.3) is 22.4 Å². The van der Waals surface area contributed by atoms with E-state index in [1.807, 2.05) is 84.9 Å². The summed E-state index contributed by atoms with van der Waals surface area (Å²) in [6.07, 6.45) is 7.43. The molecule has 8 aromatic carbocycles. The Morgan fingerprint density at radius 1 is 0.474 bits per heavy atom. The highest BCUT2D eigenvalue weighted by atomic mass is 35.5. The molecular formula is C64H47Cl8N8O15-. The quantitative estimate of drug-likeness (QED) is 0.0686. The third kappa shape index (κ3) is 21.6. The van der Waals surface area contributed by atoms with Gasteiger partial charge in [0.2, 0.25) is 5.88 Å². The predicted molar refractivity (Wildman–Crippen MR) is 363 cm³/mol. The first-order valence-corrected chi connectivity index (χ1v) is 29.0. The Labute approximate surface area is 578 Å². The minimum atomic E-state index is -1.16. The first-order valence-electron chi connectivity index (χ1n) is 26.0. The number of carbonyl (C=O) groups is 3. The van der Waals surface area contributed by atoms with Crippen molar-refractivity contribution in [3.8, 4) is 34.8 Å². The van der Waals surface area contributed by atoms with Crippen LogP contribution in [-0.4, -0.2) is 109 Å². The Kier molecular flexibility index (Phi) is 31.3. The number of esters is 1. The van der Waals surface area contributed by atoms with E-state index in [4.69, 9.17) is 122 Å². The molecule has 0 saturated carbocycles. The minimum Gasteiger partial charge on any atom is -0.870 e. The van der Waals surface area contributed by atoms with Crippen LogP contribution in [-0.2, 0) is 4.79 Å². The summed E-state index contributed by atoms with van der Waals surface area (Å²) >= 11 is 46.3. The number of carboxylic acid groups (broad SMARTS) is 1.